The van der Waals surface area contributed by atoms with Gasteiger partial charge >= 0.3 is 5.97 Å². The van der Waals surface area contributed by atoms with E-state index in [4.69, 9.17) is 5.11 Å². The third kappa shape index (κ3) is 4.78. The van der Waals surface area contributed by atoms with Gasteiger partial charge in [-0.2, -0.15) is 4.39 Å². The Hall–Kier alpha value is -0.0600. The number of aliphatic hydroxyl groups excluding tert-OH is 1. The minimum atomic E-state index is -1.28. The van der Waals surface area contributed by atoms with E-state index in [2.05, 4.69) is 4.74 Å². The minimum Gasteiger partial charge on any atom is -0.512 e. The Bertz CT molecular complexity index is 135. The SMILES string of the molecule is CCOC(=O)/C(F)=C/O.[Na]. The number of rotatable bonds is 2. The molecule has 5 heteroatoms. The molecule has 0 aromatic heterocycles. The Labute approximate surface area is 80.2 Å². The predicted octanol–water partition coefficient (Wildman–Crippen LogP) is 0.538. The van der Waals surface area contributed by atoms with Crippen LogP contribution in [-0.2, 0) is 9.53 Å². The summed E-state index contributed by atoms with van der Waals surface area (Å²) < 4.78 is 16.0. The number of hydrogen-bond acceptors (Lipinski definition) is 3. The number of esters is 1. The van der Waals surface area contributed by atoms with Crippen molar-refractivity contribution in [2.24, 2.45) is 0 Å². The van der Waals surface area contributed by atoms with Gasteiger partial charge in [0.2, 0.25) is 5.83 Å². The quantitative estimate of drug-likeness (QED) is 0.275. The third-order valence-electron chi connectivity index (χ3n) is 0.584. The molecule has 0 atom stereocenters. The zero-order valence-electron chi connectivity index (χ0n) is 5.93. The fraction of sp³-hybridized carbons (Fsp3) is 0.400. The van der Waals surface area contributed by atoms with Crippen LogP contribution in [0.3, 0.4) is 0 Å². The Kier molecular flexibility index (Phi) is 8.89. The van der Waals surface area contributed by atoms with Crippen LogP contribution in [0.5, 0.6) is 0 Å². The van der Waals surface area contributed by atoms with Crippen LogP contribution in [0.25, 0.3) is 0 Å². The average molecular weight is 157 g/mol. The van der Waals surface area contributed by atoms with Gasteiger partial charge in [-0.25, -0.2) is 4.79 Å². The molecule has 0 bridgehead atoms. The van der Waals surface area contributed by atoms with Crippen molar-refractivity contribution in [3.63, 3.8) is 0 Å². The molecule has 0 rings (SSSR count). The molecule has 1 N–H and O–H groups in total. The molecule has 0 aliphatic rings. The van der Waals surface area contributed by atoms with Crippen molar-refractivity contribution in [1.82, 2.24) is 0 Å². The molecule has 0 amide bonds. The largest absolute Gasteiger partial charge is 0.512 e. The molecule has 0 spiro atoms. The van der Waals surface area contributed by atoms with Gasteiger partial charge in [-0.3, -0.25) is 0 Å². The molecule has 0 aromatic rings. The first-order chi connectivity index (χ1) is 4.22. The monoisotopic (exact) mass is 157 g/mol. The molecule has 0 aromatic carbocycles. The van der Waals surface area contributed by atoms with Crippen molar-refractivity contribution >= 4 is 35.5 Å². The summed E-state index contributed by atoms with van der Waals surface area (Å²) in [6.07, 6.45) is 0.0675. The number of halogens is 1. The zero-order valence-corrected chi connectivity index (χ0v) is 7.93. The number of carbonyl (C=O) groups is 1. The normalized spacial score (nSPS) is 10.0. The van der Waals surface area contributed by atoms with Gasteiger partial charge in [0.25, 0.3) is 0 Å². The summed E-state index contributed by atoms with van der Waals surface area (Å²) in [5.41, 5.74) is 0. The van der Waals surface area contributed by atoms with Gasteiger partial charge in [-0.1, -0.05) is 0 Å². The molecule has 0 heterocycles. The van der Waals surface area contributed by atoms with Gasteiger partial charge in [0, 0.05) is 29.6 Å². The first kappa shape index (κ1) is 12.6. The topological polar surface area (TPSA) is 46.5 Å². The van der Waals surface area contributed by atoms with E-state index >= 15 is 0 Å². The smallest absolute Gasteiger partial charge is 0.370 e. The molecule has 1 radical (unpaired) electrons. The van der Waals surface area contributed by atoms with E-state index in [1.54, 1.807) is 6.92 Å². The minimum absolute atomic E-state index is 0. The van der Waals surface area contributed by atoms with Gasteiger partial charge in [0.15, 0.2) is 0 Å². The first-order valence-electron chi connectivity index (χ1n) is 2.39. The van der Waals surface area contributed by atoms with E-state index in [0.29, 0.717) is 0 Å². The Balaban J connectivity index is 0. The standard InChI is InChI=1S/C5H7FO3.Na/c1-2-9-5(8)4(6)3-7;/h3,7H,2H2,1H3;/b4-3-;. The first-order valence-corrected chi connectivity index (χ1v) is 2.39. The second kappa shape index (κ2) is 7.05. The van der Waals surface area contributed by atoms with Gasteiger partial charge in [-0.05, 0) is 6.92 Å². The van der Waals surface area contributed by atoms with E-state index in [0.717, 1.165) is 0 Å². The van der Waals surface area contributed by atoms with E-state index in [1.807, 2.05) is 0 Å². The van der Waals surface area contributed by atoms with E-state index < -0.39 is 11.8 Å². The molecule has 3 nitrogen and oxygen atoms in total. The summed E-state index contributed by atoms with van der Waals surface area (Å²) >= 11 is 0. The Morgan fingerprint density at radius 2 is 2.30 bits per heavy atom. The van der Waals surface area contributed by atoms with E-state index in [1.165, 1.54) is 0 Å². The van der Waals surface area contributed by atoms with Crippen LogP contribution < -0.4 is 0 Å². The molecule has 0 saturated heterocycles. The number of ether oxygens (including phenoxy) is 1. The summed E-state index contributed by atoms with van der Waals surface area (Å²) in [5, 5.41) is 7.89. The van der Waals surface area contributed by atoms with Crippen LogP contribution in [0.15, 0.2) is 12.1 Å². The summed E-state index contributed by atoms with van der Waals surface area (Å²) in [4.78, 5) is 10.1. The molecule has 0 unspecified atom stereocenters. The van der Waals surface area contributed by atoms with Crippen molar-refractivity contribution in [2.45, 2.75) is 6.92 Å². The van der Waals surface area contributed by atoms with Crippen molar-refractivity contribution in [3.05, 3.63) is 12.1 Å². The van der Waals surface area contributed by atoms with Gasteiger partial charge in [0.05, 0.1) is 6.61 Å². The second-order valence-corrected chi connectivity index (χ2v) is 1.20. The molecule has 53 valence electrons. The number of hydrogen-bond donors (Lipinski definition) is 1. The maximum absolute atomic E-state index is 11.8. The summed E-state index contributed by atoms with van der Waals surface area (Å²) in [6, 6.07) is 0. The molecule has 0 aliphatic carbocycles. The van der Waals surface area contributed by atoms with Crippen molar-refractivity contribution in [2.75, 3.05) is 6.61 Å². The maximum atomic E-state index is 11.8. The molecule has 10 heavy (non-hydrogen) atoms. The molecule has 0 saturated carbocycles. The summed E-state index contributed by atoms with van der Waals surface area (Å²) in [5.74, 6) is -2.42. The van der Waals surface area contributed by atoms with Crippen LogP contribution in [0.2, 0.25) is 0 Å². The van der Waals surface area contributed by atoms with Gasteiger partial charge < -0.3 is 9.84 Å². The van der Waals surface area contributed by atoms with E-state index in [-0.39, 0.29) is 42.4 Å². The molecular formula is C5H7FNaO3. The Morgan fingerprint density at radius 3 is 2.60 bits per heavy atom. The number of aliphatic hydroxyl groups is 1. The molecule has 0 aliphatic heterocycles. The van der Waals surface area contributed by atoms with Crippen LogP contribution in [-0.4, -0.2) is 47.2 Å². The van der Waals surface area contributed by atoms with Crippen LogP contribution in [0, 0.1) is 0 Å². The van der Waals surface area contributed by atoms with E-state index in [9.17, 15) is 9.18 Å². The second-order valence-electron chi connectivity index (χ2n) is 1.20. The summed E-state index contributed by atoms with van der Waals surface area (Å²) in [7, 11) is 0. The predicted molar refractivity (Wildman–Crippen MR) is 34.2 cm³/mol. The van der Waals surface area contributed by atoms with Crippen LogP contribution in [0.1, 0.15) is 6.92 Å². The van der Waals surface area contributed by atoms with Crippen LogP contribution in [0.4, 0.5) is 4.39 Å². The number of carbonyl (C=O) groups excluding carboxylic acids is 1. The fourth-order valence-electron chi connectivity index (χ4n) is 0.253. The van der Waals surface area contributed by atoms with Gasteiger partial charge in [0.1, 0.15) is 6.26 Å². The maximum Gasteiger partial charge on any atom is 0.370 e. The fourth-order valence-corrected chi connectivity index (χ4v) is 0.253. The van der Waals surface area contributed by atoms with Crippen molar-refractivity contribution in [3.8, 4) is 0 Å². The summed E-state index contributed by atoms with van der Waals surface area (Å²) in [6.45, 7) is 1.64. The Morgan fingerprint density at radius 1 is 1.80 bits per heavy atom. The van der Waals surface area contributed by atoms with Crippen LogP contribution >= 0.6 is 0 Å². The third-order valence-corrected chi connectivity index (χ3v) is 0.584. The van der Waals surface area contributed by atoms with Crippen molar-refractivity contribution < 1.29 is 19.0 Å². The molecular weight excluding hydrogens is 150 g/mol. The van der Waals surface area contributed by atoms with Crippen molar-refractivity contribution in [1.29, 1.82) is 0 Å². The molecule has 0 fully saturated rings. The zero-order chi connectivity index (χ0) is 7.28. The average Bonchev–Trinajstić information content (AvgIpc) is 1.87. The van der Waals surface area contributed by atoms with Gasteiger partial charge in [-0.15, -0.1) is 0 Å².